The number of hydrogen-bond donors (Lipinski definition) is 0. The van der Waals surface area contributed by atoms with E-state index in [1.54, 1.807) is 26.8 Å². The molecule has 4 heteroatoms. The zero-order chi connectivity index (χ0) is 16.5. The molecule has 0 bridgehead atoms. The number of hydrogen-bond acceptors (Lipinski definition) is 4. The lowest BCUT2D eigenvalue weighted by Gasteiger charge is -2.22. The second kappa shape index (κ2) is 9.03. The number of carbonyl (C=O) groups excluding carboxylic acids is 2. The SMILES string of the molecule is CCC(C(=O)OC(C)C)C(C)OC(=O)C=Cc1ccccc1. The highest BCUT2D eigenvalue weighted by molar-refractivity contribution is 5.87. The molecule has 22 heavy (non-hydrogen) atoms. The predicted octanol–water partition coefficient (Wildman–Crippen LogP) is 3.61. The zero-order valence-electron chi connectivity index (χ0n) is 13.6. The van der Waals surface area contributed by atoms with Gasteiger partial charge in [-0.2, -0.15) is 0 Å². The molecule has 4 nitrogen and oxygen atoms in total. The van der Waals surface area contributed by atoms with Gasteiger partial charge in [-0.05, 0) is 38.8 Å². The van der Waals surface area contributed by atoms with Crippen molar-refractivity contribution in [1.82, 2.24) is 0 Å². The molecule has 0 radical (unpaired) electrons. The maximum atomic E-state index is 12.0. The minimum absolute atomic E-state index is 0.178. The van der Waals surface area contributed by atoms with Crippen molar-refractivity contribution < 1.29 is 19.1 Å². The average molecular weight is 304 g/mol. The highest BCUT2D eigenvalue weighted by Crippen LogP contribution is 2.16. The smallest absolute Gasteiger partial charge is 0.331 e. The first-order valence-electron chi connectivity index (χ1n) is 7.58. The molecule has 0 heterocycles. The molecular weight excluding hydrogens is 280 g/mol. The summed E-state index contributed by atoms with van der Waals surface area (Å²) >= 11 is 0. The molecule has 2 unspecified atom stereocenters. The van der Waals surface area contributed by atoms with Crippen molar-refractivity contribution in [2.45, 2.75) is 46.3 Å². The summed E-state index contributed by atoms with van der Waals surface area (Å²) in [5.41, 5.74) is 0.915. The third-order valence-corrected chi connectivity index (χ3v) is 3.17. The minimum Gasteiger partial charge on any atom is -0.463 e. The van der Waals surface area contributed by atoms with E-state index in [-0.39, 0.29) is 12.1 Å². The van der Waals surface area contributed by atoms with E-state index >= 15 is 0 Å². The van der Waals surface area contributed by atoms with Crippen LogP contribution in [0.2, 0.25) is 0 Å². The van der Waals surface area contributed by atoms with Crippen molar-refractivity contribution in [3.63, 3.8) is 0 Å². The lowest BCUT2D eigenvalue weighted by Crippen LogP contribution is -2.32. The van der Waals surface area contributed by atoms with Crippen LogP contribution < -0.4 is 0 Å². The van der Waals surface area contributed by atoms with Gasteiger partial charge in [0.1, 0.15) is 6.10 Å². The summed E-state index contributed by atoms with van der Waals surface area (Å²) in [5.74, 6) is -1.24. The maximum Gasteiger partial charge on any atom is 0.331 e. The number of rotatable bonds is 7. The molecule has 1 aromatic carbocycles. The Morgan fingerprint density at radius 2 is 1.73 bits per heavy atom. The fourth-order valence-electron chi connectivity index (χ4n) is 2.04. The van der Waals surface area contributed by atoms with Crippen LogP contribution in [0.25, 0.3) is 6.08 Å². The van der Waals surface area contributed by atoms with Crippen LogP contribution in [0.1, 0.15) is 39.7 Å². The van der Waals surface area contributed by atoms with Crippen molar-refractivity contribution in [3.8, 4) is 0 Å². The Bertz CT molecular complexity index is 505. The van der Waals surface area contributed by atoms with Crippen LogP contribution in [0.5, 0.6) is 0 Å². The summed E-state index contributed by atoms with van der Waals surface area (Å²) in [4.78, 5) is 23.8. The highest BCUT2D eigenvalue weighted by Gasteiger charge is 2.27. The van der Waals surface area contributed by atoms with Gasteiger partial charge in [0.25, 0.3) is 0 Å². The van der Waals surface area contributed by atoms with E-state index in [9.17, 15) is 9.59 Å². The normalized spacial score (nSPS) is 13.9. The van der Waals surface area contributed by atoms with Crippen LogP contribution in [0.4, 0.5) is 0 Å². The Hall–Kier alpha value is -2.10. The van der Waals surface area contributed by atoms with Crippen LogP contribution in [0.3, 0.4) is 0 Å². The Morgan fingerprint density at radius 1 is 1.09 bits per heavy atom. The largest absolute Gasteiger partial charge is 0.463 e. The number of ether oxygens (including phenoxy) is 2. The van der Waals surface area contributed by atoms with E-state index in [2.05, 4.69) is 0 Å². The maximum absolute atomic E-state index is 12.0. The molecule has 120 valence electrons. The van der Waals surface area contributed by atoms with E-state index in [0.29, 0.717) is 6.42 Å². The van der Waals surface area contributed by atoms with E-state index < -0.39 is 18.0 Å². The standard InChI is InChI=1S/C18H24O4/c1-5-16(18(20)21-13(2)3)14(4)22-17(19)12-11-15-9-7-6-8-10-15/h6-14,16H,5H2,1-4H3. The molecule has 0 spiro atoms. The third kappa shape index (κ3) is 6.12. The summed E-state index contributed by atoms with van der Waals surface area (Å²) in [7, 11) is 0. The van der Waals surface area contributed by atoms with Gasteiger partial charge in [-0.3, -0.25) is 4.79 Å². The molecule has 0 aromatic heterocycles. The first-order valence-corrected chi connectivity index (χ1v) is 7.58. The first kappa shape index (κ1) is 18.0. The van der Waals surface area contributed by atoms with Crippen molar-refractivity contribution in [2.75, 3.05) is 0 Å². The summed E-state index contributed by atoms with van der Waals surface area (Å²) in [5, 5.41) is 0. The average Bonchev–Trinajstić information content (AvgIpc) is 2.46. The van der Waals surface area contributed by atoms with Gasteiger partial charge in [-0.1, -0.05) is 37.3 Å². The van der Waals surface area contributed by atoms with Gasteiger partial charge in [-0.25, -0.2) is 4.79 Å². The van der Waals surface area contributed by atoms with Crippen molar-refractivity contribution in [1.29, 1.82) is 0 Å². The molecule has 1 rings (SSSR count). The molecule has 2 atom stereocenters. The quantitative estimate of drug-likeness (QED) is 0.570. The van der Waals surface area contributed by atoms with Gasteiger partial charge in [0.05, 0.1) is 12.0 Å². The molecule has 0 aliphatic rings. The van der Waals surface area contributed by atoms with E-state index in [1.807, 2.05) is 37.3 Å². The second-order valence-corrected chi connectivity index (χ2v) is 5.39. The molecular formula is C18H24O4. The van der Waals surface area contributed by atoms with Crippen LogP contribution in [0, 0.1) is 5.92 Å². The number of esters is 2. The van der Waals surface area contributed by atoms with Crippen molar-refractivity contribution in [3.05, 3.63) is 42.0 Å². The van der Waals surface area contributed by atoms with Crippen molar-refractivity contribution in [2.24, 2.45) is 5.92 Å². The lowest BCUT2D eigenvalue weighted by atomic mass is 10.0. The Labute approximate surface area is 132 Å². The van der Waals surface area contributed by atoms with Gasteiger partial charge in [0.2, 0.25) is 0 Å². The van der Waals surface area contributed by atoms with Crippen LogP contribution >= 0.6 is 0 Å². The third-order valence-electron chi connectivity index (χ3n) is 3.17. The predicted molar refractivity (Wildman–Crippen MR) is 86.0 cm³/mol. The molecule has 0 aliphatic heterocycles. The Kier molecular flexibility index (Phi) is 7.37. The lowest BCUT2D eigenvalue weighted by molar-refractivity contribution is -0.161. The molecule has 0 saturated carbocycles. The monoisotopic (exact) mass is 304 g/mol. The first-order chi connectivity index (χ1) is 10.4. The topological polar surface area (TPSA) is 52.6 Å². The minimum atomic E-state index is -0.524. The van der Waals surface area contributed by atoms with Crippen LogP contribution in [-0.2, 0) is 19.1 Å². The van der Waals surface area contributed by atoms with Crippen molar-refractivity contribution >= 4 is 18.0 Å². The van der Waals surface area contributed by atoms with Gasteiger partial charge >= 0.3 is 11.9 Å². The van der Waals surface area contributed by atoms with E-state index in [1.165, 1.54) is 6.08 Å². The zero-order valence-corrected chi connectivity index (χ0v) is 13.6. The second-order valence-electron chi connectivity index (χ2n) is 5.39. The fourth-order valence-corrected chi connectivity index (χ4v) is 2.04. The summed E-state index contributed by atoms with van der Waals surface area (Å²) in [6, 6.07) is 9.47. The van der Waals surface area contributed by atoms with Gasteiger partial charge < -0.3 is 9.47 Å². The van der Waals surface area contributed by atoms with Crippen LogP contribution in [-0.4, -0.2) is 24.1 Å². The summed E-state index contributed by atoms with van der Waals surface area (Å²) < 4.78 is 10.5. The molecule has 0 amide bonds. The van der Waals surface area contributed by atoms with Gasteiger partial charge in [-0.15, -0.1) is 0 Å². The summed E-state index contributed by atoms with van der Waals surface area (Å²) in [6.45, 7) is 7.17. The Balaban J connectivity index is 2.58. The molecule has 0 saturated heterocycles. The fraction of sp³-hybridized carbons (Fsp3) is 0.444. The summed E-state index contributed by atoms with van der Waals surface area (Å²) in [6.07, 6.45) is 2.91. The van der Waals surface area contributed by atoms with Gasteiger partial charge in [0, 0.05) is 6.08 Å². The molecule has 0 N–H and O–H groups in total. The number of benzene rings is 1. The molecule has 0 fully saturated rings. The van der Waals surface area contributed by atoms with E-state index in [0.717, 1.165) is 5.56 Å². The molecule has 0 aliphatic carbocycles. The molecule has 1 aromatic rings. The van der Waals surface area contributed by atoms with E-state index in [4.69, 9.17) is 9.47 Å². The number of carbonyl (C=O) groups is 2. The Morgan fingerprint density at radius 3 is 2.27 bits per heavy atom. The van der Waals surface area contributed by atoms with Crippen LogP contribution in [0.15, 0.2) is 36.4 Å². The van der Waals surface area contributed by atoms with Gasteiger partial charge in [0.15, 0.2) is 0 Å². The highest BCUT2D eigenvalue weighted by atomic mass is 16.6.